The molecule has 1 aromatic heterocycles. The Bertz CT molecular complexity index is 1080. The second kappa shape index (κ2) is 10.1. The van der Waals surface area contributed by atoms with Crippen molar-refractivity contribution in [2.75, 3.05) is 65.5 Å². The summed E-state index contributed by atoms with van der Waals surface area (Å²) in [5, 5.41) is 4.04. The fourth-order valence-corrected chi connectivity index (χ4v) is 4.77. The van der Waals surface area contributed by atoms with Gasteiger partial charge in [-0.15, -0.1) is 0 Å². The quantitative estimate of drug-likeness (QED) is 0.559. The summed E-state index contributed by atoms with van der Waals surface area (Å²) < 4.78 is 16.9. The molecule has 9 heteroatoms. The van der Waals surface area contributed by atoms with Crippen LogP contribution in [0.1, 0.15) is 10.4 Å². The highest BCUT2D eigenvalue weighted by molar-refractivity contribution is 7.22. The van der Waals surface area contributed by atoms with Crippen molar-refractivity contribution in [1.82, 2.24) is 15.2 Å². The van der Waals surface area contributed by atoms with E-state index >= 15 is 0 Å². The van der Waals surface area contributed by atoms with E-state index in [9.17, 15) is 4.79 Å². The number of aromatic nitrogens is 1. The molecule has 1 saturated heterocycles. The minimum atomic E-state index is -0.116. The number of anilines is 1. The average molecular weight is 457 g/mol. The molecule has 1 N–H and O–H groups in total. The van der Waals surface area contributed by atoms with Gasteiger partial charge in [0.25, 0.3) is 5.91 Å². The van der Waals surface area contributed by atoms with Gasteiger partial charge < -0.3 is 24.4 Å². The van der Waals surface area contributed by atoms with Crippen LogP contribution >= 0.6 is 11.3 Å². The van der Waals surface area contributed by atoms with Crippen LogP contribution in [0.25, 0.3) is 10.2 Å². The van der Waals surface area contributed by atoms with Crippen LogP contribution in [-0.2, 0) is 0 Å². The summed E-state index contributed by atoms with van der Waals surface area (Å²) >= 11 is 1.70. The molecule has 1 aliphatic rings. The van der Waals surface area contributed by atoms with Gasteiger partial charge in [-0.1, -0.05) is 11.3 Å². The Morgan fingerprint density at radius 2 is 1.78 bits per heavy atom. The van der Waals surface area contributed by atoms with E-state index in [1.807, 2.05) is 18.2 Å². The molecule has 170 valence electrons. The standard InChI is InChI=1S/C23H28N4O4S/c1-29-17-5-6-18-21(15-17)32-23(25-18)27-12-10-26(11-13-27)9-8-24-22(28)16-4-7-19(30-2)20(14-16)31-3/h4-7,14-15H,8-13H2,1-3H3,(H,24,28). The Morgan fingerprint density at radius 1 is 1.00 bits per heavy atom. The van der Waals surface area contributed by atoms with Crippen LogP contribution in [-0.4, -0.2) is 76.4 Å². The highest BCUT2D eigenvalue weighted by Crippen LogP contribution is 2.32. The van der Waals surface area contributed by atoms with Crippen molar-refractivity contribution in [1.29, 1.82) is 0 Å². The van der Waals surface area contributed by atoms with Crippen LogP contribution in [0, 0.1) is 0 Å². The minimum absolute atomic E-state index is 0.116. The Morgan fingerprint density at radius 3 is 2.50 bits per heavy atom. The highest BCUT2D eigenvalue weighted by atomic mass is 32.1. The number of piperazine rings is 1. The predicted octanol–water partition coefficient (Wildman–Crippen LogP) is 2.87. The van der Waals surface area contributed by atoms with Crippen molar-refractivity contribution >= 4 is 32.6 Å². The minimum Gasteiger partial charge on any atom is -0.497 e. The summed E-state index contributed by atoms with van der Waals surface area (Å²) in [6.45, 7) is 5.11. The third-order valence-corrected chi connectivity index (χ3v) is 6.67. The van der Waals surface area contributed by atoms with Crippen LogP contribution in [0.5, 0.6) is 17.2 Å². The number of ether oxygens (including phenoxy) is 3. The second-order valence-electron chi connectivity index (χ2n) is 7.48. The summed E-state index contributed by atoms with van der Waals surface area (Å²) in [7, 11) is 4.81. The molecule has 0 saturated carbocycles. The zero-order valence-corrected chi connectivity index (χ0v) is 19.4. The number of methoxy groups -OCH3 is 3. The molecule has 0 unspecified atom stereocenters. The molecule has 0 atom stereocenters. The molecule has 3 aromatic rings. The first-order chi connectivity index (χ1) is 15.6. The van der Waals surface area contributed by atoms with Crippen LogP contribution in [0.2, 0.25) is 0 Å². The van der Waals surface area contributed by atoms with Crippen molar-refractivity contribution in [2.45, 2.75) is 0 Å². The number of nitrogens with zero attached hydrogens (tertiary/aromatic N) is 3. The van der Waals surface area contributed by atoms with Crippen LogP contribution < -0.4 is 24.4 Å². The average Bonchev–Trinajstić information content (AvgIpc) is 3.27. The van der Waals surface area contributed by atoms with Gasteiger partial charge in [-0.25, -0.2) is 4.98 Å². The number of hydrogen-bond acceptors (Lipinski definition) is 8. The number of nitrogens with one attached hydrogen (secondary N) is 1. The summed E-state index contributed by atoms with van der Waals surface area (Å²) in [5.41, 5.74) is 1.56. The molecule has 2 aromatic carbocycles. The molecule has 0 radical (unpaired) electrons. The zero-order valence-electron chi connectivity index (χ0n) is 18.6. The fourth-order valence-electron chi connectivity index (χ4n) is 3.72. The van der Waals surface area contributed by atoms with Crippen molar-refractivity contribution < 1.29 is 19.0 Å². The lowest BCUT2D eigenvalue weighted by molar-refractivity contribution is 0.0947. The number of hydrogen-bond donors (Lipinski definition) is 1. The van der Waals surface area contributed by atoms with E-state index in [-0.39, 0.29) is 5.91 Å². The number of carbonyl (C=O) groups excluding carboxylic acids is 1. The van der Waals surface area contributed by atoms with Crippen molar-refractivity contribution in [3.63, 3.8) is 0 Å². The lowest BCUT2D eigenvalue weighted by Crippen LogP contribution is -2.48. The monoisotopic (exact) mass is 456 g/mol. The number of carbonyl (C=O) groups is 1. The van der Waals surface area contributed by atoms with Crippen molar-refractivity contribution in [3.8, 4) is 17.2 Å². The van der Waals surface area contributed by atoms with Crippen LogP contribution in [0.3, 0.4) is 0 Å². The van der Waals surface area contributed by atoms with Gasteiger partial charge in [0.2, 0.25) is 0 Å². The van der Waals surface area contributed by atoms with E-state index in [1.54, 1.807) is 50.9 Å². The van der Waals surface area contributed by atoms with Gasteiger partial charge >= 0.3 is 0 Å². The third-order valence-electron chi connectivity index (χ3n) is 5.59. The van der Waals surface area contributed by atoms with Crippen molar-refractivity contribution in [3.05, 3.63) is 42.0 Å². The topological polar surface area (TPSA) is 76.2 Å². The van der Waals surface area contributed by atoms with E-state index in [1.165, 1.54) is 0 Å². The SMILES string of the molecule is COc1ccc2nc(N3CCN(CCNC(=O)c4ccc(OC)c(OC)c4)CC3)sc2c1. The molecule has 1 amide bonds. The smallest absolute Gasteiger partial charge is 0.251 e. The maximum absolute atomic E-state index is 12.5. The van der Waals surface area contributed by atoms with Gasteiger partial charge in [0.1, 0.15) is 5.75 Å². The largest absolute Gasteiger partial charge is 0.497 e. The fraction of sp³-hybridized carbons (Fsp3) is 0.391. The van der Waals surface area contributed by atoms with E-state index in [2.05, 4.69) is 15.1 Å². The molecule has 0 spiro atoms. The van der Waals surface area contributed by atoms with Gasteiger partial charge in [0.15, 0.2) is 16.6 Å². The first-order valence-electron chi connectivity index (χ1n) is 10.5. The van der Waals surface area contributed by atoms with E-state index < -0.39 is 0 Å². The predicted molar refractivity (Wildman–Crippen MR) is 127 cm³/mol. The first-order valence-corrected chi connectivity index (χ1v) is 11.3. The Hall–Kier alpha value is -3.04. The van der Waals surface area contributed by atoms with Gasteiger partial charge in [0.05, 0.1) is 31.5 Å². The molecule has 2 heterocycles. The Kier molecular flexibility index (Phi) is 6.96. The normalized spacial score (nSPS) is 14.4. The number of fused-ring (bicyclic) bond motifs is 1. The summed E-state index contributed by atoms with van der Waals surface area (Å²) in [6.07, 6.45) is 0. The number of amides is 1. The van der Waals surface area contributed by atoms with E-state index in [0.29, 0.717) is 23.6 Å². The van der Waals surface area contributed by atoms with Gasteiger partial charge in [-0.2, -0.15) is 0 Å². The van der Waals surface area contributed by atoms with Crippen molar-refractivity contribution in [2.24, 2.45) is 0 Å². The summed E-state index contributed by atoms with van der Waals surface area (Å²) in [4.78, 5) is 21.9. The van der Waals surface area contributed by atoms with Crippen LogP contribution in [0.15, 0.2) is 36.4 Å². The van der Waals surface area contributed by atoms with E-state index in [0.717, 1.165) is 53.8 Å². The summed E-state index contributed by atoms with van der Waals surface area (Å²) in [6, 6.07) is 11.2. The van der Waals surface area contributed by atoms with Gasteiger partial charge in [-0.3, -0.25) is 9.69 Å². The Labute approximate surface area is 191 Å². The third kappa shape index (κ3) is 4.89. The molecule has 8 nitrogen and oxygen atoms in total. The molecule has 0 bridgehead atoms. The molecular formula is C23H28N4O4S. The van der Waals surface area contributed by atoms with Gasteiger partial charge in [0, 0.05) is 44.8 Å². The first kappa shape index (κ1) is 22.2. The molecular weight excluding hydrogens is 428 g/mol. The lowest BCUT2D eigenvalue weighted by atomic mass is 10.2. The molecule has 0 aliphatic carbocycles. The lowest BCUT2D eigenvalue weighted by Gasteiger charge is -2.34. The maximum atomic E-state index is 12.5. The highest BCUT2D eigenvalue weighted by Gasteiger charge is 2.20. The molecule has 1 fully saturated rings. The number of benzene rings is 2. The zero-order chi connectivity index (χ0) is 22.5. The van der Waals surface area contributed by atoms with Gasteiger partial charge in [-0.05, 0) is 36.4 Å². The number of thiazole rings is 1. The second-order valence-corrected chi connectivity index (χ2v) is 8.49. The van der Waals surface area contributed by atoms with E-state index in [4.69, 9.17) is 19.2 Å². The Balaban J connectivity index is 1.25. The number of rotatable bonds is 8. The maximum Gasteiger partial charge on any atom is 0.251 e. The molecule has 32 heavy (non-hydrogen) atoms. The summed E-state index contributed by atoms with van der Waals surface area (Å²) in [5.74, 6) is 1.89. The molecule has 1 aliphatic heterocycles. The molecule has 4 rings (SSSR count). The van der Waals surface area contributed by atoms with Crippen LogP contribution in [0.4, 0.5) is 5.13 Å².